The van der Waals surface area contributed by atoms with Crippen molar-refractivity contribution < 1.29 is 14.3 Å². The van der Waals surface area contributed by atoms with E-state index in [9.17, 15) is 4.79 Å². The van der Waals surface area contributed by atoms with Gasteiger partial charge in [0.1, 0.15) is 0 Å². The van der Waals surface area contributed by atoms with Gasteiger partial charge in [0.15, 0.2) is 0 Å². The van der Waals surface area contributed by atoms with Crippen molar-refractivity contribution in [2.24, 2.45) is 0 Å². The maximum absolute atomic E-state index is 12.7. The number of rotatable bonds is 4. The molecule has 3 saturated heterocycles. The number of piperidine rings is 1. The summed E-state index contributed by atoms with van der Waals surface area (Å²) in [6.07, 6.45) is 5.63. The Kier molecular flexibility index (Phi) is 5.44. The van der Waals surface area contributed by atoms with E-state index in [0.29, 0.717) is 13.2 Å². The van der Waals surface area contributed by atoms with Gasteiger partial charge in [0, 0.05) is 31.8 Å². The van der Waals surface area contributed by atoms with Gasteiger partial charge in [0.2, 0.25) is 0 Å². The number of carbonyl (C=O) groups is 1. The molecule has 2 atom stereocenters. The lowest BCUT2D eigenvalue weighted by Gasteiger charge is -2.44. The molecule has 0 aromatic carbocycles. The van der Waals surface area contributed by atoms with Crippen molar-refractivity contribution in [3.8, 4) is 0 Å². The molecular formula is C17H31N3O3. The highest BCUT2D eigenvalue weighted by Gasteiger charge is 2.45. The van der Waals surface area contributed by atoms with Crippen molar-refractivity contribution in [2.75, 3.05) is 46.5 Å². The molecule has 0 radical (unpaired) electrons. The van der Waals surface area contributed by atoms with Crippen LogP contribution in [0.5, 0.6) is 0 Å². The van der Waals surface area contributed by atoms with Crippen LogP contribution in [0.4, 0.5) is 4.79 Å². The van der Waals surface area contributed by atoms with Gasteiger partial charge in [-0.25, -0.2) is 4.79 Å². The van der Waals surface area contributed by atoms with Crippen LogP contribution in [0.25, 0.3) is 0 Å². The third-order valence-corrected chi connectivity index (χ3v) is 5.60. The Bertz CT molecular complexity index is 404. The van der Waals surface area contributed by atoms with Gasteiger partial charge in [-0.15, -0.1) is 0 Å². The molecule has 1 N–H and O–H groups in total. The zero-order valence-corrected chi connectivity index (χ0v) is 14.6. The number of carbonyl (C=O) groups excluding carboxylic acids is 1. The van der Waals surface area contributed by atoms with Gasteiger partial charge < -0.3 is 24.6 Å². The van der Waals surface area contributed by atoms with Gasteiger partial charge in [0.05, 0.1) is 25.4 Å². The maximum Gasteiger partial charge on any atom is 0.318 e. The molecule has 3 aliphatic rings. The molecule has 0 aromatic rings. The van der Waals surface area contributed by atoms with Crippen LogP contribution in [0, 0.1) is 0 Å². The first kappa shape index (κ1) is 17.0. The summed E-state index contributed by atoms with van der Waals surface area (Å²) in [5.74, 6) is 0. The van der Waals surface area contributed by atoms with Gasteiger partial charge in [-0.05, 0) is 46.1 Å². The predicted molar refractivity (Wildman–Crippen MR) is 88.6 cm³/mol. The molecule has 0 bridgehead atoms. The minimum atomic E-state index is 0.0343. The highest BCUT2D eigenvalue weighted by atomic mass is 16.5. The fraction of sp³-hybridized carbons (Fsp3) is 0.941. The molecule has 0 saturated carbocycles. The molecule has 3 aliphatic heterocycles. The highest BCUT2D eigenvalue weighted by Crippen LogP contribution is 2.38. The number of hydrogen-bond donors (Lipinski definition) is 1. The molecule has 132 valence electrons. The molecule has 0 aliphatic carbocycles. The zero-order chi connectivity index (χ0) is 16.3. The van der Waals surface area contributed by atoms with Crippen molar-refractivity contribution in [2.45, 2.75) is 56.7 Å². The summed E-state index contributed by atoms with van der Waals surface area (Å²) in [4.78, 5) is 17.2. The minimum absolute atomic E-state index is 0.0343. The van der Waals surface area contributed by atoms with E-state index >= 15 is 0 Å². The van der Waals surface area contributed by atoms with Crippen LogP contribution in [-0.2, 0) is 9.47 Å². The van der Waals surface area contributed by atoms with Crippen LogP contribution in [0.1, 0.15) is 39.0 Å². The third kappa shape index (κ3) is 3.98. The van der Waals surface area contributed by atoms with Crippen LogP contribution in [-0.4, -0.2) is 80.0 Å². The highest BCUT2D eigenvalue weighted by molar-refractivity contribution is 5.75. The summed E-state index contributed by atoms with van der Waals surface area (Å²) in [5.41, 5.74) is 0.0937. The average molecular weight is 325 g/mol. The van der Waals surface area contributed by atoms with Crippen LogP contribution < -0.4 is 5.32 Å². The van der Waals surface area contributed by atoms with E-state index in [4.69, 9.17) is 9.47 Å². The fourth-order valence-corrected chi connectivity index (χ4v) is 4.07. The van der Waals surface area contributed by atoms with Gasteiger partial charge in [0.25, 0.3) is 0 Å². The molecule has 6 nitrogen and oxygen atoms in total. The third-order valence-electron chi connectivity index (χ3n) is 5.60. The van der Waals surface area contributed by atoms with E-state index in [2.05, 4.69) is 22.2 Å². The molecule has 0 aromatic heterocycles. The van der Waals surface area contributed by atoms with Crippen molar-refractivity contribution in [3.05, 3.63) is 0 Å². The van der Waals surface area contributed by atoms with E-state index < -0.39 is 0 Å². The number of ether oxygens (including phenoxy) is 2. The second-order valence-electron chi connectivity index (χ2n) is 7.45. The SMILES string of the molecule is CC(COC1CCOC1)NC(=O)N1CCCC12CCN(C)CC2. The second-order valence-corrected chi connectivity index (χ2v) is 7.45. The fourth-order valence-electron chi connectivity index (χ4n) is 4.07. The number of nitrogens with one attached hydrogen (secondary N) is 1. The zero-order valence-electron chi connectivity index (χ0n) is 14.6. The Hall–Kier alpha value is -0.850. The monoisotopic (exact) mass is 325 g/mol. The molecule has 1 spiro atoms. The average Bonchev–Trinajstić information content (AvgIpc) is 3.18. The van der Waals surface area contributed by atoms with Crippen molar-refractivity contribution >= 4 is 6.03 Å². The molecular weight excluding hydrogens is 294 g/mol. The maximum atomic E-state index is 12.7. The summed E-state index contributed by atoms with van der Waals surface area (Å²) in [6, 6.07) is 0.123. The normalized spacial score (nSPS) is 29.1. The number of nitrogens with zero attached hydrogens (tertiary/aromatic N) is 2. The van der Waals surface area contributed by atoms with Gasteiger partial charge in [-0.3, -0.25) is 0 Å². The van der Waals surface area contributed by atoms with E-state index in [-0.39, 0.29) is 23.7 Å². The molecule has 3 heterocycles. The molecule has 2 amide bonds. The summed E-state index contributed by atoms with van der Waals surface area (Å²) < 4.78 is 11.1. The van der Waals surface area contributed by atoms with Crippen molar-refractivity contribution in [3.63, 3.8) is 0 Å². The Morgan fingerprint density at radius 3 is 2.83 bits per heavy atom. The Morgan fingerprint density at radius 1 is 1.35 bits per heavy atom. The second kappa shape index (κ2) is 7.36. The van der Waals surface area contributed by atoms with Crippen LogP contribution in [0.15, 0.2) is 0 Å². The topological polar surface area (TPSA) is 54.0 Å². The minimum Gasteiger partial charge on any atom is -0.379 e. The van der Waals surface area contributed by atoms with E-state index in [1.807, 2.05) is 6.92 Å². The Morgan fingerprint density at radius 2 is 2.13 bits per heavy atom. The van der Waals surface area contributed by atoms with Crippen molar-refractivity contribution in [1.29, 1.82) is 0 Å². The predicted octanol–water partition coefficient (Wildman–Crippen LogP) is 1.45. The van der Waals surface area contributed by atoms with E-state index in [0.717, 1.165) is 58.3 Å². The van der Waals surface area contributed by atoms with Crippen molar-refractivity contribution in [1.82, 2.24) is 15.1 Å². The number of amides is 2. The van der Waals surface area contributed by atoms with Crippen LogP contribution in [0.3, 0.4) is 0 Å². The largest absolute Gasteiger partial charge is 0.379 e. The van der Waals surface area contributed by atoms with E-state index in [1.54, 1.807) is 0 Å². The molecule has 3 fully saturated rings. The molecule has 23 heavy (non-hydrogen) atoms. The first-order valence-corrected chi connectivity index (χ1v) is 9.05. The van der Waals surface area contributed by atoms with Crippen LogP contribution in [0.2, 0.25) is 0 Å². The van der Waals surface area contributed by atoms with Gasteiger partial charge in [-0.1, -0.05) is 0 Å². The summed E-state index contributed by atoms with van der Waals surface area (Å²) >= 11 is 0. The lowest BCUT2D eigenvalue weighted by molar-refractivity contribution is 0.0310. The van der Waals surface area contributed by atoms with Gasteiger partial charge >= 0.3 is 6.03 Å². The lowest BCUT2D eigenvalue weighted by Crippen LogP contribution is -2.57. The molecule has 6 heteroatoms. The standard InChI is InChI=1S/C17H31N3O3/c1-14(12-23-15-4-11-22-13-15)18-16(21)20-8-3-5-17(20)6-9-19(2)10-7-17/h14-15H,3-13H2,1-2H3,(H,18,21). The summed E-state index contributed by atoms with van der Waals surface area (Å²) in [7, 11) is 2.17. The first-order chi connectivity index (χ1) is 11.1. The Balaban J connectivity index is 1.48. The van der Waals surface area contributed by atoms with Crippen LogP contribution >= 0.6 is 0 Å². The quantitative estimate of drug-likeness (QED) is 0.850. The summed E-state index contributed by atoms with van der Waals surface area (Å²) in [6.45, 7) is 7.11. The number of urea groups is 1. The number of hydrogen-bond acceptors (Lipinski definition) is 4. The number of likely N-dealkylation sites (tertiary alicyclic amines) is 2. The van der Waals surface area contributed by atoms with Gasteiger partial charge in [-0.2, -0.15) is 0 Å². The smallest absolute Gasteiger partial charge is 0.318 e. The first-order valence-electron chi connectivity index (χ1n) is 9.05. The summed E-state index contributed by atoms with van der Waals surface area (Å²) in [5, 5.41) is 3.14. The Labute approximate surface area is 139 Å². The lowest BCUT2D eigenvalue weighted by atomic mass is 9.85. The molecule has 2 unspecified atom stereocenters. The molecule has 3 rings (SSSR count). The van der Waals surface area contributed by atoms with E-state index in [1.165, 1.54) is 0 Å².